The molecule has 0 saturated carbocycles. The molecule has 84 valence electrons. The molecule has 2 aromatic rings. The molecule has 0 spiro atoms. The van der Waals surface area contributed by atoms with Crippen LogP contribution in [0, 0.1) is 0 Å². The normalized spacial score (nSPS) is 10.4. The third-order valence-electron chi connectivity index (χ3n) is 1.89. The van der Waals surface area contributed by atoms with Gasteiger partial charge in [0.1, 0.15) is 10.8 Å². The van der Waals surface area contributed by atoms with Crippen molar-refractivity contribution in [3.8, 4) is 10.9 Å². The van der Waals surface area contributed by atoms with E-state index in [1.54, 1.807) is 24.3 Å². The minimum Gasteiger partial charge on any atom is -0.430 e. The molecule has 0 amide bonds. The Bertz CT molecular complexity index is 455. The number of aliphatic hydroxyl groups is 2. The summed E-state index contributed by atoms with van der Waals surface area (Å²) >= 11 is 1.19. The molecule has 0 radical (unpaired) electrons. The Labute approximate surface area is 96.0 Å². The smallest absolute Gasteiger partial charge is 0.299 e. The lowest BCUT2D eigenvalue weighted by Crippen LogP contribution is -1.85. The van der Waals surface area contributed by atoms with Crippen molar-refractivity contribution in [1.29, 1.82) is 0 Å². The van der Waals surface area contributed by atoms with Crippen LogP contribution in [0.5, 0.6) is 10.9 Å². The molecule has 0 unspecified atom stereocenters. The lowest BCUT2D eigenvalue weighted by atomic mass is 10.2. The highest BCUT2D eigenvalue weighted by Crippen LogP contribution is 2.24. The first-order valence-corrected chi connectivity index (χ1v) is 5.44. The first-order valence-electron chi connectivity index (χ1n) is 4.62. The van der Waals surface area contributed by atoms with E-state index in [0.717, 1.165) is 5.56 Å². The van der Waals surface area contributed by atoms with Gasteiger partial charge in [0.2, 0.25) is 0 Å². The third-order valence-corrected chi connectivity index (χ3v) is 2.68. The average Bonchev–Trinajstić information content (AvgIpc) is 2.78. The van der Waals surface area contributed by atoms with Gasteiger partial charge in [0.15, 0.2) is 0 Å². The van der Waals surface area contributed by atoms with Crippen LogP contribution in [-0.2, 0) is 13.2 Å². The Balaban J connectivity index is 2.08. The lowest BCUT2D eigenvalue weighted by molar-refractivity contribution is 0.280. The van der Waals surface area contributed by atoms with Crippen LogP contribution in [0.2, 0.25) is 0 Å². The largest absolute Gasteiger partial charge is 0.430 e. The summed E-state index contributed by atoms with van der Waals surface area (Å²) in [6.45, 7) is -0.127. The molecular weight excluding hydrogens is 228 g/mol. The standard InChI is InChI=1S/C10H10N2O3S/c13-5-7-1-3-8(4-2-7)15-10-12-11-9(6-14)16-10/h1-4,13-14H,5-6H2. The quantitative estimate of drug-likeness (QED) is 0.840. The predicted molar refractivity (Wildman–Crippen MR) is 58.3 cm³/mol. The first kappa shape index (κ1) is 11.0. The molecular formula is C10H10N2O3S. The second-order valence-electron chi connectivity index (χ2n) is 3.02. The van der Waals surface area contributed by atoms with Gasteiger partial charge in [-0.25, -0.2) is 0 Å². The van der Waals surface area contributed by atoms with Crippen molar-refractivity contribution in [2.75, 3.05) is 0 Å². The fourth-order valence-corrected chi connectivity index (χ4v) is 1.67. The van der Waals surface area contributed by atoms with Crippen molar-refractivity contribution in [1.82, 2.24) is 10.2 Å². The second kappa shape index (κ2) is 5.02. The Kier molecular flexibility index (Phi) is 3.45. The van der Waals surface area contributed by atoms with E-state index in [9.17, 15) is 0 Å². The van der Waals surface area contributed by atoms with E-state index in [1.807, 2.05) is 0 Å². The van der Waals surface area contributed by atoms with Crippen LogP contribution in [0.1, 0.15) is 10.6 Å². The fraction of sp³-hybridized carbons (Fsp3) is 0.200. The summed E-state index contributed by atoms with van der Waals surface area (Å²) in [5.74, 6) is 0.623. The van der Waals surface area contributed by atoms with E-state index in [1.165, 1.54) is 11.3 Å². The molecule has 0 saturated heterocycles. The predicted octanol–water partition coefficient (Wildman–Crippen LogP) is 1.31. The van der Waals surface area contributed by atoms with Crippen molar-refractivity contribution in [2.45, 2.75) is 13.2 Å². The maximum Gasteiger partial charge on any atom is 0.299 e. The van der Waals surface area contributed by atoms with Crippen molar-refractivity contribution in [2.24, 2.45) is 0 Å². The van der Waals surface area contributed by atoms with E-state index in [2.05, 4.69) is 10.2 Å². The molecule has 0 fully saturated rings. The van der Waals surface area contributed by atoms with Gasteiger partial charge in [-0.05, 0) is 17.7 Å². The summed E-state index contributed by atoms with van der Waals surface area (Å²) in [5, 5.41) is 26.1. The Hall–Kier alpha value is -1.50. The maximum atomic E-state index is 8.86. The number of hydrogen-bond acceptors (Lipinski definition) is 6. The van der Waals surface area contributed by atoms with Crippen LogP contribution in [0.3, 0.4) is 0 Å². The number of benzene rings is 1. The molecule has 0 aliphatic heterocycles. The number of rotatable bonds is 4. The molecule has 2 rings (SSSR count). The zero-order valence-electron chi connectivity index (χ0n) is 8.33. The Morgan fingerprint density at radius 3 is 2.38 bits per heavy atom. The van der Waals surface area contributed by atoms with Crippen molar-refractivity contribution in [3.63, 3.8) is 0 Å². The number of aliphatic hydroxyl groups excluding tert-OH is 2. The SMILES string of the molecule is OCc1ccc(Oc2nnc(CO)s2)cc1. The van der Waals surface area contributed by atoms with E-state index in [-0.39, 0.29) is 13.2 Å². The van der Waals surface area contributed by atoms with Crippen molar-refractivity contribution in [3.05, 3.63) is 34.8 Å². The van der Waals surface area contributed by atoms with Gasteiger partial charge in [-0.1, -0.05) is 28.6 Å². The molecule has 1 heterocycles. The number of ether oxygens (including phenoxy) is 1. The third kappa shape index (κ3) is 2.54. The minimum atomic E-state index is -0.134. The molecule has 1 aromatic heterocycles. The Morgan fingerprint density at radius 1 is 1.06 bits per heavy atom. The van der Waals surface area contributed by atoms with Gasteiger partial charge in [-0.15, -0.1) is 5.10 Å². The average molecular weight is 238 g/mol. The van der Waals surface area contributed by atoms with E-state index < -0.39 is 0 Å². The summed E-state index contributed by atoms with van der Waals surface area (Å²) in [6, 6.07) is 7.02. The van der Waals surface area contributed by atoms with Gasteiger partial charge in [-0.3, -0.25) is 0 Å². The molecule has 5 nitrogen and oxygen atoms in total. The molecule has 2 N–H and O–H groups in total. The minimum absolute atomic E-state index is 0.00769. The zero-order valence-corrected chi connectivity index (χ0v) is 9.15. The van der Waals surface area contributed by atoms with Crippen LogP contribution in [0.15, 0.2) is 24.3 Å². The van der Waals surface area contributed by atoms with E-state index in [4.69, 9.17) is 14.9 Å². The molecule has 1 aromatic carbocycles. The lowest BCUT2D eigenvalue weighted by Gasteiger charge is -2.01. The van der Waals surface area contributed by atoms with E-state index >= 15 is 0 Å². The highest BCUT2D eigenvalue weighted by molar-refractivity contribution is 7.13. The van der Waals surface area contributed by atoms with Crippen molar-refractivity contribution >= 4 is 11.3 Å². The monoisotopic (exact) mass is 238 g/mol. The second-order valence-corrected chi connectivity index (χ2v) is 4.05. The number of aromatic nitrogens is 2. The van der Waals surface area contributed by atoms with Crippen LogP contribution in [-0.4, -0.2) is 20.4 Å². The van der Waals surface area contributed by atoms with Crippen LogP contribution < -0.4 is 4.74 Å². The molecule has 0 atom stereocenters. The summed E-state index contributed by atoms with van der Waals surface area (Å²) in [7, 11) is 0. The number of nitrogens with zero attached hydrogens (tertiary/aromatic N) is 2. The van der Waals surface area contributed by atoms with Crippen molar-refractivity contribution < 1.29 is 14.9 Å². The topological polar surface area (TPSA) is 75.5 Å². The van der Waals surface area contributed by atoms with Gasteiger partial charge in [-0.2, -0.15) is 0 Å². The van der Waals surface area contributed by atoms with Gasteiger partial charge in [0.05, 0.1) is 13.2 Å². The molecule has 16 heavy (non-hydrogen) atoms. The van der Waals surface area contributed by atoms with Gasteiger partial charge < -0.3 is 14.9 Å². The van der Waals surface area contributed by atoms with Gasteiger partial charge >= 0.3 is 0 Å². The molecule has 6 heteroatoms. The Morgan fingerprint density at radius 2 is 1.81 bits per heavy atom. The number of hydrogen-bond donors (Lipinski definition) is 2. The summed E-state index contributed by atoms with van der Waals surface area (Å²) < 4.78 is 5.41. The summed E-state index contributed by atoms with van der Waals surface area (Å²) in [4.78, 5) is 0. The van der Waals surface area contributed by atoms with Gasteiger partial charge in [0, 0.05) is 0 Å². The van der Waals surface area contributed by atoms with Gasteiger partial charge in [0.25, 0.3) is 5.19 Å². The summed E-state index contributed by atoms with van der Waals surface area (Å²) in [6.07, 6.45) is 0. The maximum absolute atomic E-state index is 8.86. The first-order chi connectivity index (χ1) is 7.81. The summed E-state index contributed by atoms with van der Waals surface area (Å²) in [5.41, 5.74) is 0.820. The van der Waals surface area contributed by atoms with Crippen LogP contribution in [0.25, 0.3) is 0 Å². The molecule has 0 bridgehead atoms. The van der Waals surface area contributed by atoms with Crippen LogP contribution >= 0.6 is 11.3 Å². The molecule has 0 aliphatic rings. The highest BCUT2D eigenvalue weighted by Gasteiger charge is 2.05. The molecule has 0 aliphatic carbocycles. The van der Waals surface area contributed by atoms with E-state index in [0.29, 0.717) is 16.0 Å². The van der Waals surface area contributed by atoms with Crippen LogP contribution in [0.4, 0.5) is 0 Å². The highest BCUT2D eigenvalue weighted by atomic mass is 32.1. The fourth-order valence-electron chi connectivity index (χ4n) is 1.11. The zero-order chi connectivity index (χ0) is 11.4.